The highest BCUT2D eigenvalue weighted by Gasteiger charge is 1.90. The van der Waals surface area contributed by atoms with E-state index in [-0.39, 0.29) is 0 Å². The molecule has 1 aromatic heterocycles. The van der Waals surface area contributed by atoms with Crippen LogP contribution in [0.5, 0.6) is 5.88 Å². The van der Waals surface area contributed by atoms with Crippen molar-refractivity contribution >= 4 is 11.6 Å². The maximum Gasteiger partial charge on any atom is 0.214 e. The Hall–Kier alpha value is -0.760. The van der Waals surface area contributed by atoms with E-state index in [4.69, 9.17) is 16.3 Å². The van der Waals surface area contributed by atoms with Crippen LogP contribution >= 0.6 is 11.6 Å². The lowest BCUT2D eigenvalue weighted by molar-refractivity contribution is 0.398. The molecule has 0 bridgehead atoms. The fourth-order valence-corrected chi connectivity index (χ4v) is 0.608. The van der Waals surface area contributed by atoms with Gasteiger partial charge in [-0.1, -0.05) is 11.6 Å². The Balaban J connectivity index is 2.94. The maximum atomic E-state index is 5.48. The van der Waals surface area contributed by atoms with Crippen LogP contribution in [-0.2, 0) is 0 Å². The number of halogens is 1. The zero-order valence-electron chi connectivity index (χ0n) is 4.89. The van der Waals surface area contributed by atoms with Gasteiger partial charge in [0, 0.05) is 12.1 Å². The second-order valence-corrected chi connectivity index (χ2v) is 1.78. The summed E-state index contributed by atoms with van der Waals surface area (Å²) in [5.41, 5.74) is 0. The summed E-state index contributed by atoms with van der Waals surface area (Å²) in [7, 11) is 1.54. The van der Waals surface area contributed by atoms with Gasteiger partial charge >= 0.3 is 0 Å². The van der Waals surface area contributed by atoms with Gasteiger partial charge in [0.1, 0.15) is 5.15 Å². The zero-order valence-corrected chi connectivity index (χ0v) is 5.64. The van der Waals surface area contributed by atoms with Crippen LogP contribution in [0.1, 0.15) is 0 Å². The molecule has 0 aliphatic heterocycles. The lowest BCUT2D eigenvalue weighted by Crippen LogP contribution is -1.85. The lowest BCUT2D eigenvalue weighted by atomic mass is 10.5. The van der Waals surface area contributed by atoms with Crippen molar-refractivity contribution in [1.82, 2.24) is 4.98 Å². The second-order valence-electron chi connectivity index (χ2n) is 1.42. The van der Waals surface area contributed by atoms with Crippen LogP contribution in [0.4, 0.5) is 0 Å². The molecule has 0 unspecified atom stereocenters. The van der Waals surface area contributed by atoms with Crippen LogP contribution in [0.2, 0.25) is 5.15 Å². The van der Waals surface area contributed by atoms with E-state index in [2.05, 4.69) is 11.1 Å². The van der Waals surface area contributed by atoms with Crippen molar-refractivity contribution in [3.8, 4) is 5.88 Å². The quantitative estimate of drug-likeness (QED) is 0.555. The number of pyridine rings is 1. The summed E-state index contributed by atoms with van der Waals surface area (Å²) >= 11 is 5.48. The number of hydrogen-bond acceptors (Lipinski definition) is 2. The Labute approximate surface area is 58.4 Å². The van der Waals surface area contributed by atoms with E-state index in [1.807, 2.05) is 0 Å². The summed E-state index contributed by atoms with van der Waals surface area (Å²) in [5.74, 6) is 0.513. The minimum Gasteiger partial charge on any atom is -0.481 e. The molecule has 2 nitrogen and oxygen atoms in total. The first-order chi connectivity index (χ1) is 4.33. The molecular weight excluding hydrogens is 138 g/mol. The van der Waals surface area contributed by atoms with Crippen molar-refractivity contribution in [3.05, 3.63) is 23.4 Å². The first kappa shape index (κ1) is 6.36. The van der Waals surface area contributed by atoms with E-state index in [1.165, 1.54) is 0 Å². The highest BCUT2D eigenvalue weighted by molar-refractivity contribution is 6.29. The molecule has 0 atom stereocenters. The SMILES string of the molecule is COc1cc[c]c(Cl)n1. The summed E-state index contributed by atoms with van der Waals surface area (Å²) < 4.78 is 4.78. The van der Waals surface area contributed by atoms with Crippen molar-refractivity contribution in [1.29, 1.82) is 0 Å². The third-order valence-electron chi connectivity index (χ3n) is 0.846. The van der Waals surface area contributed by atoms with Crippen LogP contribution in [-0.4, -0.2) is 12.1 Å². The predicted octanol–water partition coefficient (Wildman–Crippen LogP) is 1.54. The van der Waals surface area contributed by atoms with Crippen molar-refractivity contribution in [2.75, 3.05) is 7.11 Å². The van der Waals surface area contributed by atoms with Crippen molar-refractivity contribution in [2.45, 2.75) is 0 Å². The van der Waals surface area contributed by atoms with E-state index in [0.29, 0.717) is 11.0 Å². The zero-order chi connectivity index (χ0) is 6.69. The van der Waals surface area contributed by atoms with Crippen LogP contribution in [0.25, 0.3) is 0 Å². The van der Waals surface area contributed by atoms with Gasteiger partial charge in [-0.3, -0.25) is 0 Å². The molecule has 3 heteroatoms. The molecule has 0 saturated heterocycles. The maximum absolute atomic E-state index is 5.48. The number of rotatable bonds is 1. The summed E-state index contributed by atoms with van der Waals surface area (Å²) in [4.78, 5) is 3.78. The van der Waals surface area contributed by atoms with Gasteiger partial charge in [0.15, 0.2) is 0 Å². The van der Waals surface area contributed by atoms with Crippen molar-refractivity contribution in [3.63, 3.8) is 0 Å². The Bertz CT molecular complexity index is 202. The molecule has 0 aliphatic rings. The summed E-state index contributed by atoms with van der Waals surface area (Å²) in [6.45, 7) is 0. The highest BCUT2D eigenvalue weighted by atomic mass is 35.5. The number of ether oxygens (including phenoxy) is 1. The third-order valence-corrected chi connectivity index (χ3v) is 1.04. The van der Waals surface area contributed by atoms with E-state index >= 15 is 0 Å². The molecule has 1 radical (unpaired) electrons. The number of aromatic nitrogens is 1. The van der Waals surface area contributed by atoms with Crippen LogP contribution in [0.15, 0.2) is 12.1 Å². The van der Waals surface area contributed by atoms with E-state index in [9.17, 15) is 0 Å². The fourth-order valence-electron chi connectivity index (χ4n) is 0.462. The summed E-state index contributed by atoms with van der Waals surface area (Å²) in [5, 5.41) is 0.328. The van der Waals surface area contributed by atoms with Gasteiger partial charge in [0.05, 0.1) is 7.11 Å². The summed E-state index contributed by atoms with van der Waals surface area (Å²) in [6, 6.07) is 6.03. The number of hydrogen-bond donors (Lipinski definition) is 0. The number of methoxy groups -OCH3 is 1. The van der Waals surface area contributed by atoms with Gasteiger partial charge in [0.2, 0.25) is 5.88 Å². The molecule has 0 fully saturated rings. The first-order valence-corrected chi connectivity index (χ1v) is 2.79. The highest BCUT2D eigenvalue weighted by Crippen LogP contribution is 2.09. The van der Waals surface area contributed by atoms with E-state index in [1.54, 1.807) is 19.2 Å². The fraction of sp³-hybridized carbons (Fsp3) is 0.167. The van der Waals surface area contributed by atoms with Crippen LogP contribution < -0.4 is 4.74 Å². The van der Waals surface area contributed by atoms with Gasteiger partial charge in [-0.05, 0) is 6.07 Å². The molecule has 0 aliphatic carbocycles. The Morgan fingerprint density at radius 1 is 1.78 bits per heavy atom. The van der Waals surface area contributed by atoms with E-state index in [0.717, 1.165) is 0 Å². The average molecular weight is 143 g/mol. The van der Waals surface area contributed by atoms with Gasteiger partial charge in [0.25, 0.3) is 0 Å². The molecule has 0 aromatic carbocycles. The first-order valence-electron chi connectivity index (χ1n) is 2.41. The average Bonchev–Trinajstić information content (AvgIpc) is 1.88. The largest absolute Gasteiger partial charge is 0.481 e. The minimum atomic E-state index is 0.328. The van der Waals surface area contributed by atoms with Gasteiger partial charge in [-0.25, -0.2) is 4.98 Å². The predicted molar refractivity (Wildman–Crippen MR) is 34.6 cm³/mol. The van der Waals surface area contributed by atoms with E-state index < -0.39 is 0 Å². The molecular formula is C6H5ClNO. The molecule has 9 heavy (non-hydrogen) atoms. The molecule has 0 N–H and O–H groups in total. The molecule has 1 rings (SSSR count). The second kappa shape index (κ2) is 2.69. The molecule has 0 spiro atoms. The Morgan fingerprint density at radius 2 is 2.56 bits per heavy atom. The molecule has 47 valence electrons. The topological polar surface area (TPSA) is 22.1 Å². The monoisotopic (exact) mass is 142 g/mol. The third kappa shape index (κ3) is 1.57. The molecule has 1 heterocycles. The molecule has 1 aromatic rings. The molecule has 0 saturated carbocycles. The van der Waals surface area contributed by atoms with Crippen molar-refractivity contribution in [2.24, 2.45) is 0 Å². The van der Waals surface area contributed by atoms with Crippen molar-refractivity contribution < 1.29 is 4.74 Å². The minimum absolute atomic E-state index is 0.328. The van der Waals surface area contributed by atoms with Gasteiger partial charge in [-0.2, -0.15) is 0 Å². The smallest absolute Gasteiger partial charge is 0.214 e. The standard InChI is InChI=1S/C6H5ClNO/c1-9-6-4-2-3-5(7)8-6/h2,4H,1H3. The Kier molecular flexibility index (Phi) is 1.90. The molecule has 0 amide bonds. The van der Waals surface area contributed by atoms with Crippen LogP contribution in [0, 0.1) is 6.07 Å². The van der Waals surface area contributed by atoms with Gasteiger partial charge in [-0.15, -0.1) is 0 Å². The lowest BCUT2D eigenvalue weighted by Gasteiger charge is -1.94. The normalized spacial score (nSPS) is 9.11. The van der Waals surface area contributed by atoms with Crippen LogP contribution in [0.3, 0.4) is 0 Å². The number of nitrogens with zero attached hydrogens (tertiary/aromatic N) is 1. The van der Waals surface area contributed by atoms with Gasteiger partial charge < -0.3 is 4.74 Å². The summed E-state index contributed by atoms with van der Waals surface area (Å²) in [6.07, 6.45) is 0. The Morgan fingerprint density at radius 3 is 3.00 bits per heavy atom.